The Balaban J connectivity index is 1.35. The molecular formula is C25H21N5O3. The van der Waals surface area contributed by atoms with Crippen LogP contribution in [0.5, 0.6) is 0 Å². The number of imide groups is 1. The van der Waals surface area contributed by atoms with Gasteiger partial charge in [-0.3, -0.25) is 14.5 Å². The first-order valence-corrected chi connectivity index (χ1v) is 10.7. The topological polar surface area (TPSA) is 111 Å². The number of ketones is 1. The predicted octanol–water partition coefficient (Wildman–Crippen LogP) is 3.38. The van der Waals surface area contributed by atoms with Gasteiger partial charge in [0.2, 0.25) is 0 Å². The number of para-hydroxylation sites is 2. The maximum absolute atomic E-state index is 13.1. The second-order valence-corrected chi connectivity index (χ2v) is 8.07. The predicted molar refractivity (Wildman–Crippen MR) is 123 cm³/mol. The lowest BCUT2D eigenvalue weighted by molar-refractivity contribution is -0.127. The Morgan fingerprint density at radius 1 is 1.06 bits per heavy atom. The number of H-pyrrole nitrogens is 1. The SMILES string of the molecule is N#CCCn1cc(C(=O)CN2C(=O)N[C@@H](Cc3c[nH]c4ccccc34)C2=O)c2ccccc21. The Morgan fingerprint density at radius 3 is 2.64 bits per heavy atom. The van der Waals surface area contributed by atoms with E-state index in [9.17, 15) is 14.4 Å². The van der Waals surface area contributed by atoms with E-state index in [2.05, 4.69) is 16.4 Å². The van der Waals surface area contributed by atoms with Crippen molar-refractivity contribution in [2.45, 2.75) is 25.4 Å². The van der Waals surface area contributed by atoms with Crippen molar-refractivity contribution in [3.63, 3.8) is 0 Å². The van der Waals surface area contributed by atoms with E-state index in [0.717, 1.165) is 32.3 Å². The molecular weight excluding hydrogens is 418 g/mol. The van der Waals surface area contributed by atoms with Gasteiger partial charge in [-0.05, 0) is 17.7 Å². The zero-order valence-electron chi connectivity index (χ0n) is 17.7. The van der Waals surface area contributed by atoms with Crippen molar-refractivity contribution in [3.05, 3.63) is 72.1 Å². The quantitative estimate of drug-likeness (QED) is 0.340. The summed E-state index contributed by atoms with van der Waals surface area (Å²) >= 11 is 0. The molecule has 1 aliphatic heterocycles. The van der Waals surface area contributed by atoms with Crippen molar-refractivity contribution >= 4 is 39.5 Å². The molecule has 2 N–H and O–H groups in total. The van der Waals surface area contributed by atoms with Crippen LogP contribution in [0, 0.1) is 11.3 Å². The third-order valence-electron chi connectivity index (χ3n) is 6.06. The molecule has 33 heavy (non-hydrogen) atoms. The van der Waals surface area contributed by atoms with Crippen LogP contribution in [0.2, 0.25) is 0 Å². The van der Waals surface area contributed by atoms with Crippen LogP contribution < -0.4 is 5.32 Å². The van der Waals surface area contributed by atoms with Crippen molar-refractivity contribution < 1.29 is 14.4 Å². The normalized spacial score (nSPS) is 15.8. The second kappa shape index (κ2) is 8.28. The number of hydrogen-bond donors (Lipinski definition) is 2. The van der Waals surface area contributed by atoms with E-state index >= 15 is 0 Å². The Kier molecular flexibility index (Phi) is 5.15. The summed E-state index contributed by atoms with van der Waals surface area (Å²) in [6.45, 7) is 0.126. The molecule has 3 amide bonds. The van der Waals surface area contributed by atoms with Gasteiger partial charge in [-0.15, -0.1) is 0 Å². The summed E-state index contributed by atoms with van der Waals surface area (Å²) in [7, 11) is 0. The average molecular weight is 439 g/mol. The minimum atomic E-state index is -0.721. The summed E-state index contributed by atoms with van der Waals surface area (Å²) in [5.74, 6) is -0.731. The highest BCUT2D eigenvalue weighted by molar-refractivity contribution is 6.13. The molecule has 2 aromatic carbocycles. The molecule has 1 atom stereocenters. The number of aromatic amines is 1. The molecule has 8 nitrogen and oxygen atoms in total. The van der Waals surface area contributed by atoms with Crippen molar-refractivity contribution in [3.8, 4) is 6.07 Å². The average Bonchev–Trinajstić information content (AvgIpc) is 3.48. The summed E-state index contributed by atoms with van der Waals surface area (Å²) in [4.78, 5) is 42.8. The minimum Gasteiger partial charge on any atom is -0.361 e. The van der Waals surface area contributed by atoms with Gasteiger partial charge in [-0.2, -0.15) is 5.26 Å². The van der Waals surface area contributed by atoms with E-state index in [-0.39, 0.29) is 12.3 Å². The van der Waals surface area contributed by atoms with Gasteiger partial charge < -0.3 is 14.9 Å². The number of amides is 3. The lowest BCUT2D eigenvalue weighted by Gasteiger charge is -2.12. The maximum atomic E-state index is 13.1. The van der Waals surface area contributed by atoms with Crippen molar-refractivity contribution in [1.29, 1.82) is 5.26 Å². The van der Waals surface area contributed by atoms with E-state index in [1.807, 2.05) is 59.3 Å². The molecule has 5 rings (SSSR count). The molecule has 4 aromatic rings. The molecule has 0 bridgehead atoms. The number of urea groups is 1. The van der Waals surface area contributed by atoms with E-state index in [4.69, 9.17) is 5.26 Å². The fraction of sp³-hybridized carbons (Fsp3) is 0.200. The van der Waals surface area contributed by atoms with Crippen molar-refractivity contribution in [2.75, 3.05) is 6.54 Å². The molecule has 0 spiro atoms. The van der Waals surface area contributed by atoms with Crippen LogP contribution in [-0.4, -0.2) is 44.8 Å². The number of aryl methyl sites for hydroxylation is 1. The van der Waals surface area contributed by atoms with Gasteiger partial charge in [-0.25, -0.2) is 4.79 Å². The lowest BCUT2D eigenvalue weighted by atomic mass is 10.0. The zero-order chi connectivity index (χ0) is 22.9. The second-order valence-electron chi connectivity index (χ2n) is 8.07. The van der Waals surface area contributed by atoms with Crippen molar-refractivity contribution in [2.24, 2.45) is 0 Å². The van der Waals surface area contributed by atoms with Gasteiger partial charge in [-0.1, -0.05) is 36.4 Å². The van der Waals surface area contributed by atoms with E-state index in [0.29, 0.717) is 24.9 Å². The number of nitrogens with zero attached hydrogens (tertiary/aromatic N) is 3. The minimum absolute atomic E-state index is 0.314. The molecule has 2 aromatic heterocycles. The number of hydrogen-bond acceptors (Lipinski definition) is 4. The molecule has 3 heterocycles. The summed E-state index contributed by atoms with van der Waals surface area (Å²) in [5.41, 5.74) is 3.16. The van der Waals surface area contributed by atoms with Crippen LogP contribution in [0.1, 0.15) is 22.3 Å². The number of nitrogens with one attached hydrogen (secondary N) is 2. The zero-order valence-corrected chi connectivity index (χ0v) is 17.7. The van der Waals surface area contributed by atoms with Crippen molar-refractivity contribution in [1.82, 2.24) is 19.8 Å². The highest BCUT2D eigenvalue weighted by Gasteiger charge is 2.39. The number of Topliss-reactive ketones (excluding diaryl/α,β-unsaturated/α-hetero) is 1. The van der Waals surface area contributed by atoms with Crippen LogP contribution in [0.3, 0.4) is 0 Å². The fourth-order valence-corrected chi connectivity index (χ4v) is 4.44. The number of benzene rings is 2. The summed E-state index contributed by atoms with van der Waals surface area (Å²) in [5, 5.41) is 13.4. The smallest absolute Gasteiger partial charge is 0.325 e. The number of nitriles is 1. The first kappa shape index (κ1) is 20.5. The third-order valence-corrected chi connectivity index (χ3v) is 6.06. The van der Waals surface area contributed by atoms with E-state index in [1.165, 1.54) is 0 Å². The largest absolute Gasteiger partial charge is 0.361 e. The Bertz CT molecular complexity index is 1440. The van der Waals surface area contributed by atoms with Crippen LogP contribution in [0.4, 0.5) is 4.79 Å². The Morgan fingerprint density at radius 2 is 1.82 bits per heavy atom. The molecule has 164 valence electrons. The highest BCUT2D eigenvalue weighted by atomic mass is 16.2. The van der Waals surface area contributed by atoms with Gasteiger partial charge in [0.25, 0.3) is 5.91 Å². The van der Waals surface area contributed by atoms with Gasteiger partial charge in [0.05, 0.1) is 19.0 Å². The van der Waals surface area contributed by atoms with Crippen LogP contribution in [0.15, 0.2) is 60.9 Å². The van der Waals surface area contributed by atoms with Crippen LogP contribution in [-0.2, 0) is 17.8 Å². The van der Waals surface area contributed by atoms with E-state index in [1.54, 1.807) is 6.20 Å². The summed E-state index contributed by atoms with van der Waals surface area (Å²) in [6, 6.07) is 16.0. The first-order chi connectivity index (χ1) is 16.1. The number of fused-ring (bicyclic) bond motifs is 2. The Hall–Kier alpha value is -4.38. The van der Waals surface area contributed by atoms with Crippen LogP contribution in [0.25, 0.3) is 21.8 Å². The first-order valence-electron chi connectivity index (χ1n) is 10.7. The Labute approximate surface area is 189 Å². The molecule has 1 fully saturated rings. The number of carbonyl (C=O) groups is 3. The van der Waals surface area contributed by atoms with Gasteiger partial charge in [0, 0.05) is 52.7 Å². The molecule has 0 aliphatic carbocycles. The molecule has 1 aliphatic rings. The number of rotatable bonds is 7. The molecule has 1 saturated heterocycles. The van der Waals surface area contributed by atoms with Crippen LogP contribution >= 0.6 is 0 Å². The highest BCUT2D eigenvalue weighted by Crippen LogP contribution is 2.24. The molecule has 0 unspecified atom stereocenters. The van der Waals surface area contributed by atoms with Gasteiger partial charge >= 0.3 is 6.03 Å². The fourth-order valence-electron chi connectivity index (χ4n) is 4.44. The van der Waals surface area contributed by atoms with Gasteiger partial charge in [0.1, 0.15) is 6.04 Å². The monoisotopic (exact) mass is 439 g/mol. The van der Waals surface area contributed by atoms with Gasteiger partial charge in [0.15, 0.2) is 5.78 Å². The van der Waals surface area contributed by atoms with E-state index < -0.39 is 18.0 Å². The number of carbonyl (C=O) groups excluding carboxylic acids is 3. The molecule has 8 heteroatoms. The molecule has 0 radical (unpaired) electrons. The third kappa shape index (κ3) is 3.64. The lowest BCUT2D eigenvalue weighted by Crippen LogP contribution is -2.36. The molecule has 0 saturated carbocycles. The number of aromatic nitrogens is 2. The summed E-state index contributed by atoms with van der Waals surface area (Å²) in [6.07, 6.45) is 4.20. The maximum Gasteiger partial charge on any atom is 0.325 e. The standard InChI is InChI=1S/C25H21N5O3/c26-10-5-11-29-14-19(18-7-2-4-9-22(18)29)23(31)15-30-24(32)21(28-25(30)33)12-16-13-27-20-8-3-1-6-17(16)20/h1-4,6-9,13-14,21,27H,5,11-12,15H2,(H,28,33)/t21-/m0/s1. The summed E-state index contributed by atoms with van der Waals surface area (Å²) < 4.78 is 1.86.